The molecule has 1 saturated carbocycles. The Balaban J connectivity index is 1.91. The maximum absolute atomic E-state index is 13.1. The number of fused-ring (bicyclic) bond motifs is 1. The Kier molecular flexibility index (Phi) is 4.55. The molecule has 2 aromatic heterocycles. The van der Waals surface area contributed by atoms with Gasteiger partial charge in [0.15, 0.2) is 5.65 Å². The molecule has 28 heavy (non-hydrogen) atoms. The number of hydrogen-bond acceptors (Lipinski definition) is 4. The Morgan fingerprint density at radius 3 is 2.71 bits per heavy atom. The third-order valence-corrected chi connectivity index (χ3v) is 5.21. The summed E-state index contributed by atoms with van der Waals surface area (Å²) >= 11 is 6.23. The van der Waals surface area contributed by atoms with Crippen LogP contribution >= 0.6 is 11.6 Å². The van der Waals surface area contributed by atoms with Gasteiger partial charge in [0.2, 0.25) is 0 Å². The van der Waals surface area contributed by atoms with E-state index in [9.17, 15) is 14.4 Å². The molecule has 0 bridgehead atoms. The molecule has 0 radical (unpaired) electrons. The minimum Gasteiger partial charge on any atom is -0.321 e. The average molecular weight is 399 g/mol. The van der Waals surface area contributed by atoms with E-state index in [1.54, 1.807) is 25.1 Å². The van der Waals surface area contributed by atoms with Crippen molar-refractivity contribution in [3.05, 3.63) is 66.9 Å². The van der Waals surface area contributed by atoms with E-state index >= 15 is 0 Å². The average Bonchev–Trinajstić information content (AvgIpc) is 3.48. The zero-order chi connectivity index (χ0) is 20.0. The standard InChI is InChI=1S/C20H19ClN4O3/c1-3-25-17-16(19(27)24-20(25)28)12(9-15(22-17)11-5-6-11)18(26)23-14-7-4-10(2)8-13(14)21/h4,7-9,11H,3,5-6H2,1-2H3,(H,23,26)(H,24,27,28). The van der Waals surface area contributed by atoms with Gasteiger partial charge in [0.1, 0.15) is 0 Å². The van der Waals surface area contributed by atoms with Gasteiger partial charge < -0.3 is 5.32 Å². The monoisotopic (exact) mass is 398 g/mol. The van der Waals surface area contributed by atoms with E-state index in [1.807, 2.05) is 13.0 Å². The Labute approximate surface area is 165 Å². The van der Waals surface area contributed by atoms with Crippen LogP contribution in [0.4, 0.5) is 5.69 Å². The highest BCUT2D eigenvalue weighted by Crippen LogP contribution is 2.40. The van der Waals surface area contributed by atoms with Crippen molar-refractivity contribution in [1.82, 2.24) is 14.5 Å². The number of hydrogen-bond donors (Lipinski definition) is 2. The van der Waals surface area contributed by atoms with Gasteiger partial charge in [-0.25, -0.2) is 9.78 Å². The lowest BCUT2D eigenvalue weighted by molar-refractivity contribution is 0.102. The molecule has 1 amide bonds. The molecular formula is C20H19ClN4O3. The third-order valence-electron chi connectivity index (χ3n) is 4.90. The summed E-state index contributed by atoms with van der Waals surface area (Å²) < 4.78 is 1.37. The highest BCUT2D eigenvalue weighted by atomic mass is 35.5. The van der Waals surface area contributed by atoms with Crippen LogP contribution in [0.15, 0.2) is 33.9 Å². The first-order valence-electron chi connectivity index (χ1n) is 9.14. The molecule has 4 rings (SSSR count). The Morgan fingerprint density at radius 2 is 2.07 bits per heavy atom. The van der Waals surface area contributed by atoms with Crippen molar-refractivity contribution in [2.45, 2.75) is 39.2 Å². The van der Waals surface area contributed by atoms with Crippen LogP contribution < -0.4 is 16.6 Å². The molecule has 1 aliphatic carbocycles. The molecule has 0 atom stereocenters. The van der Waals surface area contributed by atoms with Crippen LogP contribution in [0.5, 0.6) is 0 Å². The minimum absolute atomic E-state index is 0.103. The van der Waals surface area contributed by atoms with Crippen LogP contribution in [0.1, 0.15) is 47.3 Å². The number of rotatable bonds is 4. The van der Waals surface area contributed by atoms with E-state index < -0.39 is 17.2 Å². The van der Waals surface area contributed by atoms with Crippen molar-refractivity contribution in [3.8, 4) is 0 Å². The number of nitrogens with zero attached hydrogens (tertiary/aromatic N) is 2. The molecule has 0 spiro atoms. The number of aryl methyl sites for hydroxylation is 2. The number of H-pyrrole nitrogens is 1. The van der Waals surface area contributed by atoms with Gasteiger partial charge in [0.25, 0.3) is 11.5 Å². The van der Waals surface area contributed by atoms with Gasteiger partial charge in [0.05, 0.1) is 21.7 Å². The minimum atomic E-state index is -0.625. The molecule has 1 aromatic carbocycles. The van der Waals surface area contributed by atoms with Crippen LogP contribution in [0.2, 0.25) is 5.02 Å². The van der Waals surface area contributed by atoms with E-state index in [4.69, 9.17) is 11.6 Å². The number of carbonyl (C=O) groups is 1. The molecule has 2 heterocycles. The first-order valence-corrected chi connectivity index (χ1v) is 9.52. The van der Waals surface area contributed by atoms with E-state index in [0.717, 1.165) is 24.1 Å². The molecule has 8 heteroatoms. The predicted octanol–water partition coefficient (Wildman–Crippen LogP) is 3.20. The lowest BCUT2D eigenvalue weighted by atomic mass is 10.1. The molecule has 3 aromatic rings. The Bertz CT molecular complexity index is 1220. The molecule has 1 fully saturated rings. The molecule has 2 N–H and O–H groups in total. The first-order chi connectivity index (χ1) is 13.4. The number of halogens is 1. The maximum atomic E-state index is 13.1. The van der Waals surface area contributed by atoms with Crippen LogP contribution in [0.25, 0.3) is 11.0 Å². The quantitative estimate of drug-likeness (QED) is 0.705. The lowest BCUT2D eigenvalue weighted by Crippen LogP contribution is -2.32. The normalized spacial score (nSPS) is 13.7. The summed E-state index contributed by atoms with van der Waals surface area (Å²) in [5.74, 6) is -0.217. The van der Waals surface area contributed by atoms with Gasteiger partial charge in [-0.05, 0) is 50.5 Å². The molecule has 1 aliphatic rings. The summed E-state index contributed by atoms with van der Waals surface area (Å²) in [5.41, 5.74) is 1.41. The fourth-order valence-electron chi connectivity index (χ4n) is 3.27. The van der Waals surface area contributed by atoms with Crippen LogP contribution in [0.3, 0.4) is 0 Å². The number of amides is 1. The number of nitrogens with one attached hydrogen (secondary N) is 2. The predicted molar refractivity (Wildman–Crippen MR) is 108 cm³/mol. The number of pyridine rings is 1. The van der Waals surface area contributed by atoms with Crippen molar-refractivity contribution in [3.63, 3.8) is 0 Å². The van der Waals surface area contributed by atoms with Gasteiger partial charge in [0, 0.05) is 18.2 Å². The number of benzene rings is 1. The zero-order valence-electron chi connectivity index (χ0n) is 15.5. The van der Waals surface area contributed by atoms with E-state index in [2.05, 4.69) is 15.3 Å². The third kappa shape index (κ3) is 3.22. The lowest BCUT2D eigenvalue weighted by Gasteiger charge is -2.13. The fraction of sp³-hybridized carbons (Fsp3) is 0.300. The molecule has 0 saturated heterocycles. The van der Waals surface area contributed by atoms with E-state index in [0.29, 0.717) is 17.3 Å². The van der Waals surface area contributed by atoms with Crippen molar-refractivity contribution in [2.24, 2.45) is 0 Å². The number of carbonyl (C=O) groups excluding carboxylic acids is 1. The summed E-state index contributed by atoms with van der Waals surface area (Å²) in [4.78, 5) is 44.6. The Hall–Kier alpha value is -2.93. The largest absolute Gasteiger partial charge is 0.329 e. The molecule has 7 nitrogen and oxygen atoms in total. The van der Waals surface area contributed by atoms with E-state index in [-0.39, 0.29) is 22.5 Å². The van der Waals surface area contributed by atoms with Gasteiger partial charge in [-0.15, -0.1) is 0 Å². The summed E-state index contributed by atoms with van der Waals surface area (Å²) in [5, 5.41) is 3.29. The second-order valence-electron chi connectivity index (χ2n) is 7.01. The summed E-state index contributed by atoms with van der Waals surface area (Å²) in [6, 6.07) is 6.95. The molecule has 0 unspecified atom stereocenters. The fourth-order valence-corrected chi connectivity index (χ4v) is 3.55. The number of anilines is 1. The van der Waals surface area contributed by atoms with Gasteiger partial charge >= 0.3 is 5.69 Å². The second kappa shape index (κ2) is 6.91. The molecule has 0 aliphatic heterocycles. The highest BCUT2D eigenvalue weighted by Gasteiger charge is 2.28. The summed E-state index contributed by atoms with van der Waals surface area (Å²) in [6.07, 6.45) is 1.95. The highest BCUT2D eigenvalue weighted by molar-refractivity contribution is 6.34. The summed E-state index contributed by atoms with van der Waals surface area (Å²) in [6.45, 7) is 4.02. The smallest absolute Gasteiger partial charge is 0.321 e. The topological polar surface area (TPSA) is 96.9 Å². The molecule has 144 valence electrons. The zero-order valence-corrected chi connectivity index (χ0v) is 16.3. The second-order valence-corrected chi connectivity index (χ2v) is 7.42. The van der Waals surface area contributed by atoms with Gasteiger partial charge in [-0.1, -0.05) is 17.7 Å². The van der Waals surface area contributed by atoms with Crippen LogP contribution in [0, 0.1) is 6.92 Å². The molecular weight excluding hydrogens is 380 g/mol. The van der Waals surface area contributed by atoms with Crippen molar-refractivity contribution >= 4 is 34.2 Å². The number of aromatic amines is 1. The Morgan fingerprint density at radius 1 is 1.32 bits per heavy atom. The SMILES string of the molecule is CCn1c(=O)[nH]c(=O)c2c(C(=O)Nc3ccc(C)cc3Cl)cc(C3CC3)nc21. The van der Waals surface area contributed by atoms with Crippen molar-refractivity contribution < 1.29 is 4.79 Å². The first kappa shape index (κ1) is 18.4. The van der Waals surface area contributed by atoms with Crippen LogP contribution in [-0.4, -0.2) is 20.4 Å². The number of aromatic nitrogens is 3. The maximum Gasteiger partial charge on any atom is 0.329 e. The van der Waals surface area contributed by atoms with Crippen molar-refractivity contribution in [1.29, 1.82) is 0 Å². The van der Waals surface area contributed by atoms with Gasteiger partial charge in [-0.2, -0.15) is 0 Å². The van der Waals surface area contributed by atoms with Crippen LogP contribution in [-0.2, 0) is 6.54 Å². The van der Waals surface area contributed by atoms with Crippen molar-refractivity contribution in [2.75, 3.05) is 5.32 Å². The summed E-state index contributed by atoms with van der Waals surface area (Å²) in [7, 11) is 0. The van der Waals surface area contributed by atoms with E-state index in [1.165, 1.54) is 4.57 Å². The van der Waals surface area contributed by atoms with Gasteiger partial charge in [-0.3, -0.25) is 19.1 Å².